The van der Waals surface area contributed by atoms with Crippen LogP contribution in [0.5, 0.6) is 0 Å². The van der Waals surface area contributed by atoms with Crippen molar-refractivity contribution >= 4 is 16.7 Å². The zero-order chi connectivity index (χ0) is 14.4. The fraction of sp³-hybridized carbons (Fsp3) is 0.0714. The molecule has 102 valence electrons. The van der Waals surface area contributed by atoms with Gasteiger partial charge in [0.05, 0.1) is 10.9 Å². The molecule has 3 heterocycles. The van der Waals surface area contributed by atoms with E-state index in [-0.39, 0.29) is 5.56 Å². The molecule has 0 fully saturated rings. The Hall–Kier alpha value is -3.09. The van der Waals surface area contributed by atoms with Gasteiger partial charge in [-0.15, -0.1) is 0 Å². The minimum atomic E-state index is -0.160. The highest BCUT2D eigenvalue weighted by molar-refractivity contribution is 5.79. The molecule has 4 aromatic rings. The number of aromatic nitrogens is 6. The minimum absolute atomic E-state index is 0.160. The largest absolute Gasteiger partial charge is 0.320 e. The molecule has 0 saturated heterocycles. The Kier molecular flexibility index (Phi) is 2.34. The third-order valence-corrected chi connectivity index (χ3v) is 3.45. The van der Waals surface area contributed by atoms with Crippen molar-refractivity contribution in [2.75, 3.05) is 0 Å². The van der Waals surface area contributed by atoms with Gasteiger partial charge in [-0.2, -0.15) is 4.52 Å². The molecule has 0 N–H and O–H groups in total. The Labute approximate surface area is 118 Å². The zero-order valence-electron chi connectivity index (χ0n) is 11.2. The summed E-state index contributed by atoms with van der Waals surface area (Å²) in [5, 5.41) is 12.2. The molecule has 3 aromatic heterocycles. The van der Waals surface area contributed by atoms with Crippen molar-refractivity contribution < 1.29 is 4.68 Å². The van der Waals surface area contributed by atoms with Crippen molar-refractivity contribution in [1.82, 2.24) is 24.7 Å². The van der Waals surface area contributed by atoms with Crippen molar-refractivity contribution in [3.63, 3.8) is 0 Å². The molecule has 7 nitrogen and oxygen atoms in total. The van der Waals surface area contributed by atoms with E-state index in [0.29, 0.717) is 16.7 Å². The molecule has 0 bridgehead atoms. The van der Waals surface area contributed by atoms with Crippen LogP contribution in [0.25, 0.3) is 16.7 Å². The van der Waals surface area contributed by atoms with Crippen LogP contribution in [0.4, 0.5) is 0 Å². The molecule has 4 rings (SSSR count). The first-order valence-electron chi connectivity index (χ1n) is 6.47. The lowest BCUT2D eigenvalue weighted by molar-refractivity contribution is -0.732. The highest BCUT2D eigenvalue weighted by Crippen LogP contribution is 2.09. The van der Waals surface area contributed by atoms with Gasteiger partial charge in [0.15, 0.2) is 0 Å². The number of benzene rings is 1. The number of nitrogens with zero attached hydrogens (tertiary/aromatic N) is 6. The number of para-hydroxylation sites is 1. The summed E-state index contributed by atoms with van der Waals surface area (Å²) < 4.78 is 4.77. The second kappa shape index (κ2) is 4.20. The highest BCUT2D eigenvalue weighted by atomic mass is 16.1. The van der Waals surface area contributed by atoms with Crippen molar-refractivity contribution in [3.05, 3.63) is 64.7 Å². The van der Waals surface area contributed by atoms with Gasteiger partial charge in [-0.25, -0.2) is 0 Å². The van der Waals surface area contributed by atoms with Crippen LogP contribution in [0.1, 0.15) is 5.69 Å². The maximum Gasteiger partial charge on any atom is 0.320 e. The van der Waals surface area contributed by atoms with Crippen LogP contribution in [0.3, 0.4) is 0 Å². The van der Waals surface area contributed by atoms with E-state index in [1.165, 1.54) is 4.68 Å². The number of hydrogen-bond donors (Lipinski definition) is 0. The van der Waals surface area contributed by atoms with Gasteiger partial charge in [0.2, 0.25) is 11.9 Å². The maximum atomic E-state index is 12.8. The summed E-state index contributed by atoms with van der Waals surface area (Å²) in [7, 11) is 0. The van der Waals surface area contributed by atoms with E-state index in [4.69, 9.17) is 0 Å². The molecular formula is C14H11N6O+. The summed E-state index contributed by atoms with van der Waals surface area (Å²) >= 11 is 0. The van der Waals surface area contributed by atoms with Gasteiger partial charge < -0.3 is 0 Å². The zero-order valence-corrected chi connectivity index (χ0v) is 11.2. The lowest BCUT2D eigenvalue weighted by Gasteiger charge is -2.05. The lowest BCUT2D eigenvalue weighted by atomic mass is 10.2. The first-order valence-corrected chi connectivity index (χ1v) is 6.47. The number of hydrogen-bond acceptors (Lipinski definition) is 4. The standard InChI is InChI=1S/C14H11N6O/c1-10-6-4-5-9-18(10)20-13(21)11-7-2-3-8-12(11)19-14(20)15-16-17-19/h2-9H,1H3/q+1. The monoisotopic (exact) mass is 279 g/mol. The van der Waals surface area contributed by atoms with E-state index in [1.54, 1.807) is 21.5 Å². The molecular weight excluding hydrogens is 268 g/mol. The first kappa shape index (κ1) is 11.7. The average Bonchev–Trinajstić information content (AvgIpc) is 2.99. The molecule has 0 spiro atoms. The summed E-state index contributed by atoms with van der Waals surface area (Å²) in [4.78, 5) is 12.8. The van der Waals surface area contributed by atoms with Crippen LogP contribution in [0, 0.1) is 6.92 Å². The van der Waals surface area contributed by atoms with Crippen molar-refractivity contribution in [1.29, 1.82) is 0 Å². The topological polar surface area (TPSA) is 69.0 Å². The first-order chi connectivity index (χ1) is 10.3. The van der Waals surface area contributed by atoms with E-state index >= 15 is 0 Å². The van der Waals surface area contributed by atoms with E-state index in [1.807, 2.05) is 43.3 Å². The predicted molar refractivity (Wildman–Crippen MR) is 74.7 cm³/mol. The summed E-state index contributed by atoms with van der Waals surface area (Å²) in [6.45, 7) is 1.92. The van der Waals surface area contributed by atoms with Gasteiger partial charge in [-0.1, -0.05) is 21.9 Å². The summed E-state index contributed by atoms with van der Waals surface area (Å²) in [6.07, 6.45) is 1.81. The van der Waals surface area contributed by atoms with Crippen LogP contribution in [-0.2, 0) is 0 Å². The highest BCUT2D eigenvalue weighted by Gasteiger charge is 2.20. The summed E-state index contributed by atoms with van der Waals surface area (Å²) in [6, 6.07) is 13.0. The van der Waals surface area contributed by atoms with Gasteiger partial charge >= 0.3 is 11.3 Å². The van der Waals surface area contributed by atoms with Crippen LogP contribution in [0.15, 0.2) is 53.5 Å². The molecule has 0 saturated carbocycles. The predicted octanol–water partition coefficient (Wildman–Crippen LogP) is 0.347. The third kappa shape index (κ3) is 1.57. The van der Waals surface area contributed by atoms with Gasteiger partial charge in [-0.05, 0) is 33.3 Å². The fourth-order valence-corrected chi connectivity index (χ4v) is 2.45. The minimum Gasteiger partial charge on any atom is -0.262 e. The van der Waals surface area contributed by atoms with Crippen LogP contribution in [0.2, 0.25) is 0 Å². The second-order valence-electron chi connectivity index (χ2n) is 4.71. The molecule has 0 aliphatic heterocycles. The number of pyridine rings is 1. The Morgan fingerprint density at radius 3 is 2.76 bits per heavy atom. The van der Waals surface area contributed by atoms with E-state index < -0.39 is 0 Å². The Balaban J connectivity index is 2.27. The quantitative estimate of drug-likeness (QED) is 0.471. The number of fused-ring (bicyclic) bond motifs is 3. The van der Waals surface area contributed by atoms with Crippen LogP contribution < -0.4 is 10.2 Å². The van der Waals surface area contributed by atoms with E-state index in [0.717, 1.165) is 5.69 Å². The Morgan fingerprint density at radius 2 is 1.90 bits per heavy atom. The normalized spacial score (nSPS) is 11.3. The van der Waals surface area contributed by atoms with Gasteiger partial charge in [-0.3, -0.25) is 4.79 Å². The summed E-state index contributed by atoms with van der Waals surface area (Å²) in [5.74, 6) is 0.373. The molecule has 0 atom stereocenters. The van der Waals surface area contributed by atoms with Gasteiger partial charge in [0, 0.05) is 19.1 Å². The smallest absolute Gasteiger partial charge is 0.262 e. The number of tetrazole rings is 1. The van der Waals surface area contributed by atoms with Crippen LogP contribution >= 0.6 is 0 Å². The van der Waals surface area contributed by atoms with E-state index in [9.17, 15) is 4.79 Å². The summed E-state index contributed by atoms with van der Waals surface area (Å²) in [5.41, 5.74) is 1.43. The molecule has 7 heteroatoms. The maximum absolute atomic E-state index is 12.8. The third-order valence-electron chi connectivity index (χ3n) is 3.45. The van der Waals surface area contributed by atoms with Crippen molar-refractivity contribution in [2.24, 2.45) is 0 Å². The molecule has 0 amide bonds. The van der Waals surface area contributed by atoms with Crippen molar-refractivity contribution in [2.45, 2.75) is 6.92 Å². The number of aryl methyl sites for hydroxylation is 1. The SMILES string of the molecule is Cc1cccc[n+]1-n1c(=O)c2ccccc2n2nnnc12. The van der Waals surface area contributed by atoms with Gasteiger partial charge in [0.1, 0.15) is 0 Å². The van der Waals surface area contributed by atoms with E-state index in [2.05, 4.69) is 15.5 Å². The second-order valence-corrected chi connectivity index (χ2v) is 4.71. The Bertz CT molecular complexity index is 1030. The van der Waals surface area contributed by atoms with Crippen molar-refractivity contribution in [3.8, 4) is 0 Å². The Morgan fingerprint density at radius 1 is 1.10 bits per heavy atom. The van der Waals surface area contributed by atoms with Gasteiger partial charge in [0.25, 0.3) is 0 Å². The molecule has 1 aromatic carbocycles. The van der Waals surface area contributed by atoms with Crippen LogP contribution in [-0.4, -0.2) is 24.7 Å². The molecule has 0 aliphatic rings. The fourth-order valence-electron chi connectivity index (χ4n) is 2.45. The molecule has 0 radical (unpaired) electrons. The lowest BCUT2D eigenvalue weighted by Crippen LogP contribution is -2.51. The number of rotatable bonds is 1. The molecule has 0 aliphatic carbocycles. The molecule has 21 heavy (non-hydrogen) atoms. The molecule has 0 unspecified atom stereocenters. The average molecular weight is 279 g/mol.